The van der Waals surface area contributed by atoms with Crippen LogP contribution in [0.4, 0.5) is 10.1 Å². The van der Waals surface area contributed by atoms with Gasteiger partial charge in [-0.15, -0.1) is 0 Å². The van der Waals surface area contributed by atoms with Crippen molar-refractivity contribution in [2.24, 2.45) is 0 Å². The van der Waals surface area contributed by atoms with E-state index in [0.29, 0.717) is 13.0 Å². The predicted octanol–water partition coefficient (Wildman–Crippen LogP) is 1.27. The Morgan fingerprint density at radius 1 is 1.38 bits per heavy atom. The molecule has 1 aromatic rings. The first-order valence-corrected chi connectivity index (χ1v) is 8.65. The van der Waals surface area contributed by atoms with Gasteiger partial charge in [-0.1, -0.05) is 0 Å². The summed E-state index contributed by atoms with van der Waals surface area (Å²) >= 11 is 0. The van der Waals surface area contributed by atoms with E-state index in [9.17, 15) is 17.6 Å². The fourth-order valence-electron chi connectivity index (χ4n) is 2.34. The van der Waals surface area contributed by atoms with Crippen molar-refractivity contribution in [1.82, 2.24) is 4.90 Å². The van der Waals surface area contributed by atoms with Gasteiger partial charge in [-0.25, -0.2) is 12.8 Å². The van der Waals surface area contributed by atoms with Crippen LogP contribution in [0, 0.1) is 5.82 Å². The van der Waals surface area contributed by atoms with E-state index >= 15 is 0 Å². The van der Waals surface area contributed by atoms with Gasteiger partial charge in [0.1, 0.15) is 5.82 Å². The van der Waals surface area contributed by atoms with E-state index in [1.807, 2.05) is 0 Å². The molecule has 1 aliphatic heterocycles. The van der Waals surface area contributed by atoms with Crippen molar-refractivity contribution >= 4 is 21.4 Å². The summed E-state index contributed by atoms with van der Waals surface area (Å²) in [7, 11) is -1.34. The zero-order valence-corrected chi connectivity index (χ0v) is 12.7. The molecule has 1 aromatic carbocycles. The van der Waals surface area contributed by atoms with E-state index in [-0.39, 0.29) is 35.7 Å². The van der Waals surface area contributed by atoms with Gasteiger partial charge in [0.2, 0.25) is 5.91 Å². The molecule has 7 heteroatoms. The van der Waals surface area contributed by atoms with Crippen LogP contribution in [0.1, 0.15) is 12.8 Å². The molecule has 0 radical (unpaired) electrons. The average molecular weight is 314 g/mol. The molecule has 1 saturated heterocycles. The van der Waals surface area contributed by atoms with E-state index < -0.39 is 9.84 Å². The predicted molar refractivity (Wildman–Crippen MR) is 79.3 cm³/mol. The Balaban J connectivity index is 1.78. The van der Waals surface area contributed by atoms with Gasteiger partial charge < -0.3 is 10.2 Å². The second kappa shape index (κ2) is 6.43. The average Bonchev–Trinajstić information content (AvgIpc) is 2.80. The second-order valence-electron chi connectivity index (χ2n) is 5.25. The quantitative estimate of drug-likeness (QED) is 0.889. The third-order valence-electron chi connectivity index (χ3n) is 3.66. The zero-order valence-electron chi connectivity index (χ0n) is 11.9. The van der Waals surface area contributed by atoms with Crippen LogP contribution in [0.5, 0.6) is 0 Å². The van der Waals surface area contributed by atoms with Crippen LogP contribution < -0.4 is 5.32 Å². The topological polar surface area (TPSA) is 66.5 Å². The first kappa shape index (κ1) is 15.8. The monoisotopic (exact) mass is 314 g/mol. The van der Waals surface area contributed by atoms with Crippen LogP contribution in [0.25, 0.3) is 0 Å². The normalized spacial score (nSPS) is 20.2. The number of nitrogens with one attached hydrogen (secondary N) is 1. The van der Waals surface area contributed by atoms with Crippen LogP contribution in [-0.4, -0.2) is 50.4 Å². The van der Waals surface area contributed by atoms with Gasteiger partial charge in [0, 0.05) is 31.7 Å². The molecule has 116 valence electrons. The minimum atomic E-state index is -2.99. The molecule has 0 spiro atoms. The fraction of sp³-hybridized carbons (Fsp3) is 0.500. The highest BCUT2D eigenvalue weighted by Gasteiger charge is 2.32. The fourth-order valence-corrected chi connectivity index (χ4v) is 4.12. The number of carbonyl (C=O) groups is 1. The Labute approximate surface area is 124 Å². The molecule has 0 saturated carbocycles. The van der Waals surface area contributed by atoms with Gasteiger partial charge in [-0.2, -0.15) is 0 Å². The Morgan fingerprint density at radius 2 is 2.05 bits per heavy atom. The van der Waals surface area contributed by atoms with Crippen molar-refractivity contribution in [2.75, 3.05) is 30.4 Å². The minimum Gasteiger partial charge on any atom is -0.385 e. The first-order chi connectivity index (χ1) is 9.87. The highest BCUT2D eigenvalue weighted by Crippen LogP contribution is 2.17. The van der Waals surface area contributed by atoms with Crippen LogP contribution in [-0.2, 0) is 14.6 Å². The van der Waals surface area contributed by atoms with E-state index in [1.54, 1.807) is 19.2 Å². The van der Waals surface area contributed by atoms with E-state index in [4.69, 9.17) is 0 Å². The summed E-state index contributed by atoms with van der Waals surface area (Å²) in [6, 6.07) is 5.69. The summed E-state index contributed by atoms with van der Waals surface area (Å²) in [6.45, 7) is 0.425. The van der Waals surface area contributed by atoms with E-state index in [2.05, 4.69) is 5.32 Å². The molecule has 0 aromatic heterocycles. The summed E-state index contributed by atoms with van der Waals surface area (Å²) < 4.78 is 35.6. The lowest BCUT2D eigenvalue weighted by Gasteiger charge is -2.23. The number of rotatable bonds is 5. The minimum absolute atomic E-state index is 0.0562. The molecule has 1 N–H and O–H groups in total. The summed E-state index contributed by atoms with van der Waals surface area (Å²) in [6.07, 6.45) is 0.778. The molecule has 0 aliphatic carbocycles. The number of anilines is 1. The lowest BCUT2D eigenvalue weighted by molar-refractivity contribution is -0.131. The number of benzene rings is 1. The number of carbonyl (C=O) groups excluding carboxylic acids is 1. The van der Waals surface area contributed by atoms with Crippen molar-refractivity contribution < 1.29 is 17.6 Å². The van der Waals surface area contributed by atoms with E-state index in [0.717, 1.165) is 5.69 Å². The molecule has 1 unspecified atom stereocenters. The smallest absolute Gasteiger partial charge is 0.224 e. The largest absolute Gasteiger partial charge is 0.385 e. The van der Waals surface area contributed by atoms with Gasteiger partial charge >= 0.3 is 0 Å². The van der Waals surface area contributed by atoms with Crippen molar-refractivity contribution in [3.05, 3.63) is 30.1 Å². The van der Waals surface area contributed by atoms with Gasteiger partial charge in [-0.05, 0) is 30.7 Å². The van der Waals surface area contributed by atoms with E-state index in [1.165, 1.54) is 17.0 Å². The summed E-state index contributed by atoms with van der Waals surface area (Å²) in [5.74, 6) is -0.186. The number of hydrogen-bond acceptors (Lipinski definition) is 4. The number of sulfone groups is 1. The van der Waals surface area contributed by atoms with Gasteiger partial charge in [0.25, 0.3) is 0 Å². The summed E-state index contributed by atoms with van der Waals surface area (Å²) in [4.78, 5) is 13.5. The first-order valence-electron chi connectivity index (χ1n) is 6.83. The van der Waals surface area contributed by atoms with Gasteiger partial charge in [0.05, 0.1) is 11.5 Å². The Bertz CT molecular complexity index is 601. The van der Waals surface area contributed by atoms with Crippen molar-refractivity contribution in [2.45, 2.75) is 18.9 Å². The highest BCUT2D eigenvalue weighted by molar-refractivity contribution is 7.91. The Hall–Kier alpha value is -1.63. The van der Waals surface area contributed by atoms with Crippen molar-refractivity contribution in [3.63, 3.8) is 0 Å². The molecule has 1 amide bonds. The number of hydrogen-bond donors (Lipinski definition) is 1. The molecule has 2 rings (SSSR count). The van der Waals surface area contributed by atoms with Gasteiger partial charge in [-0.3, -0.25) is 4.79 Å². The summed E-state index contributed by atoms with van der Waals surface area (Å²) in [5, 5.41) is 3.03. The van der Waals surface area contributed by atoms with Gasteiger partial charge in [0.15, 0.2) is 9.84 Å². The molecule has 1 fully saturated rings. The number of halogens is 1. The molecular weight excluding hydrogens is 295 g/mol. The molecule has 1 aliphatic rings. The number of amides is 1. The molecule has 1 atom stereocenters. The highest BCUT2D eigenvalue weighted by atomic mass is 32.2. The SMILES string of the molecule is CN(C(=O)CCNc1ccc(F)cc1)C1CCS(=O)(=O)C1. The lowest BCUT2D eigenvalue weighted by Crippen LogP contribution is -2.38. The maximum Gasteiger partial charge on any atom is 0.224 e. The third-order valence-corrected chi connectivity index (χ3v) is 5.41. The van der Waals surface area contributed by atoms with Crippen LogP contribution in [0.2, 0.25) is 0 Å². The van der Waals surface area contributed by atoms with Crippen molar-refractivity contribution in [3.8, 4) is 0 Å². The third kappa shape index (κ3) is 4.42. The summed E-state index contributed by atoms with van der Waals surface area (Å²) in [5.41, 5.74) is 0.746. The lowest BCUT2D eigenvalue weighted by atomic mass is 10.2. The standard InChI is InChI=1S/C14H19FN2O3S/c1-17(13-7-9-21(19,20)10-13)14(18)6-8-16-12-4-2-11(15)3-5-12/h2-5,13,16H,6-10H2,1H3. The Morgan fingerprint density at radius 3 is 2.62 bits per heavy atom. The molecule has 5 nitrogen and oxygen atoms in total. The van der Waals surface area contributed by atoms with Crippen LogP contribution in [0.15, 0.2) is 24.3 Å². The molecule has 0 bridgehead atoms. The Kier molecular flexibility index (Phi) is 4.82. The second-order valence-corrected chi connectivity index (χ2v) is 7.47. The van der Waals surface area contributed by atoms with Crippen LogP contribution in [0.3, 0.4) is 0 Å². The van der Waals surface area contributed by atoms with Crippen LogP contribution >= 0.6 is 0 Å². The maximum absolute atomic E-state index is 12.7. The zero-order chi connectivity index (χ0) is 15.5. The molecule has 1 heterocycles. The molecule has 21 heavy (non-hydrogen) atoms. The molecular formula is C14H19FN2O3S. The number of nitrogens with zero attached hydrogens (tertiary/aromatic N) is 1. The maximum atomic E-state index is 12.7. The van der Waals surface area contributed by atoms with Crippen molar-refractivity contribution in [1.29, 1.82) is 0 Å².